The third kappa shape index (κ3) is 4.26. The second-order valence-electron chi connectivity index (χ2n) is 6.67. The minimum Gasteiger partial charge on any atom is -0.472 e. The molecule has 2 rings (SSSR count). The van der Waals surface area contributed by atoms with Crippen molar-refractivity contribution in [1.29, 1.82) is 0 Å². The predicted octanol–water partition coefficient (Wildman–Crippen LogP) is 2.29. The topological polar surface area (TPSA) is 63.0 Å². The van der Waals surface area contributed by atoms with Crippen molar-refractivity contribution in [3.05, 3.63) is 24.2 Å². The average Bonchev–Trinajstić information content (AvgIpc) is 2.89. The van der Waals surface area contributed by atoms with E-state index in [0.717, 1.165) is 5.56 Å². The second-order valence-corrected chi connectivity index (χ2v) is 6.67. The van der Waals surface area contributed by atoms with E-state index in [-0.39, 0.29) is 18.0 Å². The Kier molecular flexibility index (Phi) is 4.78. The molecule has 0 radical (unpaired) electrons. The lowest BCUT2D eigenvalue weighted by molar-refractivity contribution is -0.134. The molecular formula is C16H24N2O4. The van der Waals surface area contributed by atoms with Crippen molar-refractivity contribution in [2.24, 2.45) is 0 Å². The van der Waals surface area contributed by atoms with Gasteiger partial charge in [0.25, 0.3) is 0 Å². The van der Waals surface area contributed by atoms with Crippen LogP contribution >= 0.6 is 0 Å². The van der Waals surface area contributed by atoms with E-state index < -0.39 is 5.60 Å². The predicted molar refractivity (Wildman–Crippen MR) is 81.4 cm³/mol. The van der Waals surface area contributed by atoms with Crippen LogP contribution in [0, 0.1) is 0 Å². The standard InChI is InChI=1S/C16H24N2O4/c1-12-10-17(15(20)22-16(2,3)4)6-7-18(12)14(19)9-13-5-8-21-11-13/h5,8,11-12H,6-7,9-10H2,1-4H3/t12-/m0/s1. The van der Waals surface area contributed by atoms with Gasteiger partial charge in [-0.1, -0.05) is 0 Å². The molecule has 2 heterocycles. The highest BCUT2D eigenvalue weighted by Crippen LogP contribution is 2.16. The smallest absolute Gasteiger partial charge is 0.410 e. The highest BCUT2D eigenvalue weighted by molar-refractivity contribution is 5.79. The molecule has 0 N–H and O–H groups in total. The molecular weight excluding hydrogens is 284 g/mol. The van der Waals surface area contributed by atoms with Gasteiger partial charge in [0.1, 0.15) is 5.60 Å². The monoisotopic (exact) mass is 308 g/mol. The first kappa shape index (κ1) is 16.4. The molecule has 0 unspecified atom stereocenters. The first-order valence-electron chi connectivity index (χ1n) is 7.55. The van der Waals surface area contributed by atoms with E-state index in [0.29, 0.717) is 26.1 Å². The highest BCUT2D eigenvalue weighted by atomic mass is 16.6. The van der Waals surface area contributed by atoms with Crippen LogP contribution in [-0.2, 0) is 16.0 Å². The van der Waals surface area contributed by atoms with Crippen molar-refractivity contribution in [1.82, 2.24) is 9.80 Å². The summed E-state index contributed by atoms with van der Waals surface area (Å²) in [6.07, 6.45) is 3.15. The maximum atomic E-state index is 12.3. The van der Waals surface area contributed by atoms with Crippen LogP contribution in [0.4, 0.5) is 4.79 Å². The number of hydrogen-bond donors (Lipinski definition) is 0. The molecule has 1 aromatic rings. The Morgan fingerprint density at radius 1 is 1.36 bits per heavy atom. The molecule has 0 spiro atoms. The molecule has 1 fully saturated rings. The lowest BCUT2D eigenvalue weighted by Crippen LogP contribution is -2.56. The SMILES string of the molecule is C[C@H]1CN(C(=O)OC(C)(C)C)CCN1C(=O)Cc1ccoc1. The molecule has 6 heteroatoms. The molecule has 0 bridgehead atoms. The van der Waals surface area contributed by atoms with Crippen molar-refractivity contribution in [3.63, 3.8) is 0 Å². The Morgan fingerprint density at radius 2 is 2.09 bits per heavy atom. The van der Waals surface area contributed by atoms with Gasteiger partial charge >= 0.3 is 6.09 Å². The summed E-state index contributed by atoms with van der Waals surface area (Å²) in [6, 6.07) is 1.76. The maximum Gasteiger partial charge on any atom is 0.410 e. The maximum absolute atomic E-state index is 12.3. The van der Waals surface area contributed by atoms with Gasteiger partial charge in [-0.15, -0.1) is 0 Å². The number of piperazine rings is 1. The van der Waals surface area contributed by atoms with Gasteiger partial charge in [0, 0.05) is 25.7 Å². The average molecular weight is 308 g/mol. The lowest BCUT2D eigenvalue weighted by atomic mass is 10.1. The number of carbonyl (C=O) groups excluding carboxylic acids is 2. The third-order valence-corrected chi connectivity index (χ3v) is 3.53. The second kappa shape index (κ2) is 6.42. The van der Waals surface area contributed by atoms with Crippen LogP contribution in [0.3, 0.4) is 0 Å². The summed E-state index contributed by atoms with van der Waals surface area (Å²) < 4.78 is 10.4. The third-order valence-electron chi connectivity index (χ3n) is 3.53. The summed E-state index contributed by atoms with van der Waals surface area (Å²) in [5.74, 6) is 0.0535. The van der Waals surface area contributed by atoms with E-state index in [4.69, 9.17) is 9.15 Å². The number of hydrogen-bond acceptors (Lipinski definition) is 4. The van der Waals surface area contributed by atoms with Crippen LogP contribution in [-0.4, -0.2) is 53.1 Å². The fourth-order valence-electron chi connectivity index (χ4n) is 2.49. The summed E-state index contributed by atoms with van der Waals surface area (Å²) >= 11 is 0. The van der Waals surface area contributed by atoms with Crippen molar-refractivity contribution >= 4 is 12.0 Å². The van der Waals surface area contributed by atoms with E-state index in [2.05, 4.69) is 0 Å². The van der Waals surface area contributed by atoms with Gasteiger partial charge in [-0.05, 0) is 39.3 Å². The van der Waals surface area contributed by atoms with E-state index in [9.17, 15) is 9.59 Å². The van der Waals surface area contributed by atoms with Gasteiger partial charge in [0.05, 0.1) is 18.9 Å². The van der Waals surface area contributed by atoms with Gasteiger partial charge in [-0.3, -0.25) is 4.79 Å². The molecule has 1 aliphatic rings. The molecule has 0 aromatic carbocycles. The molecule has 1 aliphatic heterocycles. The minimum atomic E-state index is -0.505. The summed E-state index contributed by atoms with van der Waals surface area (Å²) in [6.45, 7) is 9.00. The van der Waals surface area contributed by atoms with Crippen molar-refractivity contribution in [2.75, 3.05) is 19.6 Å². The number of amides is 2. The van der Waals surface area contributed by atoms with Gasteiger partial charge in [0.2, 0.25) is 5.91 Å². The fourth-order valence-corrected chi connectivity index (χ4v) is 2.49. The number of ether oxygens (including phenoxy) is 1. The number of nitrogens with zero attached hydrogens (tertiary/aromatic N) is 2. The Balaban J connectivity index is 1.89. The van der Waals surface area contributed by atoms with Crippen LogP contribution in [0.15, 0.2) is 23.0 Å². The van der Waals surface area contributed by atoms with Crippen LogP contribution in [0.2, 0.25) is 0 Å². The molecule has 6 nitrogen and oxygen atoms in total. The van der Waals surface area contributed by atoms with Crippen LogP contribution < -0.4 is 0 Å². The zero-order valence-corrected chi connectivity index (χ0v) is 13.7. The molecule has 122 valence electrons. The van der Waals surface area contributed by atoms with E-state index in [1.165, 1.54) is 0 Å². The molecule has 1 saturated heterocycles. The van der Waals surface area contributed by atoms with Gasteiger partial charge < -0.3 is 19.0 Å². The van der Waals surface area contributed by atoms with Crippen LogP contribution in [0.5, 0.6) is 0 Å². The summed E-state index contributed by atoms with van der Waals surface area (Å²) in [5, 5.41) is 0. The molecule has 1 aromatic heterocycles. The highest BCUT2D eigenvalue weighted by Gasteiger charge is 2.31. The number of carbonyl (C=O) groups is 2. The molecule has 0 saturated carbocycles. The molecule has 0 aliphatic carbocycles. The number of furan rings is 1. The van der Waals surface area contributed by atoms with Crippen molar-refractivity contribution in [2.45, 2.75) is 45.8 Å². The van der Waals surface area contributed by atoms with Crippen molar-refractivity contribution in [3.8, 4) is 0 Å². The molecule has 22 heavy (non-hydrogen) atoms. The number of rotatable bonds is 2. The van der Waals surface area contributed by atoms with Crippen LogP contribution in [0.25, 0.3) is 0 Å². The Morgan fingerprint density at radius 3 is 2.64 bits per heavy atom. The van der Waals surface area contributed by atoms with Gasteiger partial charge in [-0.25, -0.2) is 4.79 Å². The quantitative estimate of drug-likeness (QED) is 0.841. The van der Waals surface area contributed by atoms with E-state index >= 15 is 0 Å². The lowest BCUT2D eigenvalue weighted by Gasteiger charge is -2.40. The zero-order valence-electron chi connectivity index (χ0n) is 13.7. The Bertz CT molecular complexity index is 519. The Labute approximate surface area is 131 Å². The zero-order chi connectivity index (χ0) is 16.3. The first-order chi connectivity index (χ1) is 10.3. The van der Waals surface area contributed by atoms with E-state index in [1.807, 2.05) is 32.6 Å². The largest absolute Gasteiger partial charge is 0.472 e. The van der Waals surface area contributed by atoms with E-state index in [1.54, 1.807) is 23.5 Å². The van der Waals surface area contributed by atoms with Gasteiger partial charge in [-0.2, -0.15) is 0 Å². The summed E-state index contributed by atoms with van der Waals surface area (Å²) in [7, 11) is 0. The first-order valence-corrected chi connectivity index (χ1v) is 7.55. The fraction of sp³-hybridized carbons (Fsp3) is 0.625. The summed E-state index contributed by atoms with van der Waals surface area (Å²) in [4.78, 5) is 27.9. The van der Waals surface area contributed by atoms with Crippen molar-refractivity contribution < 1.29 is 18.7 Å². The van der Waals surface area contributed by atoms with Crippen LogP contribution in [0.1, 0.15) is 33.3 Å². The van der Waals surface area contributed by atoms with Gasteiger partial charge in [0.15, 0.2) is 0 Å². The minimum absolute atomic E-state index is 0.0272. The Hall–Kier alpha value is -1.98. The normalized spacial score (nSPS) is 19.2. The summed E-state index contributed by atoms with van der Waals surface area (Å²) in [5.41, 5.74) is 0.362. The molecule has 2 amide bonds. The molecule has 1 atom stereocenters.